The lowest BCUT2D eigenvalue weighted by Gasteiger charge is -2.29. The van der Waals surface area contributed by atoms with E-state index in [9.17, 15) is 0 Å². The molecule has 0 radical (unpaired) electrons. The van der Waals surface area contributed by atoms with Crippen LogP contribution in [0.3, 0.4) is 0 Å². The number of nitrogens with one attached hydrogen (secondary N) is 1. The van der Waals surface area contributed by atoms with Crippen molar-refractivity contribution in [3.8, 4) is 0 Å². The quantitative estimate of drug-likeness (QED) is 0.936. The predicted molar refractivity (Wildman–Crippen MR) is 85.3 cm³/mol. The number of anilines is 1. The third-order valence-electron chi connectivity index (χ3n) is 3.78. The topological polar surface area (TPSA) is 28.2 Å². The van der Waals surface area contributed by atoms with E-state index in [2.05, 4.69) is 58.8 Å². The summed E-state index contributed by atoms with van der Waals surface area (Å²) in [4.78, 5) is 6.92. The number of aromatic nitrogens is 1. The smallest absolute Gasteiger partial charge is 0.0897 e. The zero-order valence-corrected chi connectivity index (χ0v) is 12.9. The fourth-order valence-corrected chi connectivity index (χ4v) is 3.50. The van der Waals surface area contributed by atoms with Crippen molar-refractivity contribution in [1.82, 2.24) is 9.88 Å². The first-order valence-electron chi connectivity index (χ1n) is 7.12. The van der Waals surface area contributed by atoms with Gasteiger partial charge < -0.3 is 10.2 Å². The molecule has 0 saturated heterocycles. The van der Waals surface area contributed by atoms with Crippen molar-refractivity contribution in [3.63, 3.8) is 0 Å². The van der Waals surface area contributed by atoms with Gasteiger partial charge in [0.05, 0.1) is 10.7 Å². The van der Waals surface area contributed by atoms with Gasteiger partial charge in [-0.15, -0.1) is 11.3 Å². The minimum Gasteiger partial charge on any atom is -0.384 e. The number of hydrogen-bond acceptors (Lipinski definition) is 4. The lowest BCUT2D eigenvalue weighted by Crippen LogP contribution is -2.33. The Bertz CT molecular complexity index is 579. The number of benzene rings is 1. The molecular weight excluding hydrogens is 266 g/mol. The van der Waals surface area contributed by atoms with E-state index in [1.807, 2.05) is 0 Å². The Hall–Kier alpha value is -1.39. The monoisotopic (exact) mass is 287 g/mol. The van der Waals surface area contributed by atoms with Crippen LogP contribution in [0, 0.1) is 12.8 Å². The van der Waals surface area contributed by atoms with Crippen LogP contribution in [0.25, 0.3) is 0 Å². The molecule has 1 aromatic carbocycles. The van der Waals surface area contributed by atoms with E-state index >= 15 is 0 Å². The van der Waals surface area contributed by atoms with Crippen LogP contribution < -0.4 is 5.32 Å². The number of fused-ring (bicyclic) bond motifs is 1. The van der Waals surface area contributed by atoms with Crippen molar-refractivity contribution >= 4 is 17.0 Å². The second kappa shape index (κ2) is 5.94. The van der Waals surface area contributed by atoms with Crippen LogP contribution in [-0.4, -0.2) is 30.0 Å². The molecular formula is C16H21N3S. The Morgan fingerprint density at radius 3 is 3.05 bits per heavy atom. The molecule has 1 aliphatic rings. The lowest BCUT2D eigenvalue weighted by molar-refractivity contribution is 0.269. The van der Waals surface area contributed by atoms with Gasteiger partial charge >= 0.3 is 0 Å². The normalized spacial score (nSPS) is 17.9. The van der Waals surface area contributed by atoms with Crippen LogP contribution in [-0.2, 0) is 13.0 Å². The molecule has 1 aromatic heterocycles. The number of nitrogens with zero attached hydrogens (tertiary/aromatic N) is 2. The molecule has 20 heavy (non-hydrogen) atoms. The van der Waals surface area contributed by atoms with Crippen molar-refractivity contribution < 1.29 is 0 Å². The molecule has 1 N–H and O–H groups in total. The lowest BCUT2D eigenvalue weighted by atomic mass is 9.93. The molecule has 0 aliphatic carbocycles. The van der Waals surface area contributed by atoms with Crippen molar-refractivity contribution in [3.05, 3.63) is 45.9 Å². The van der Waals surface area contributed by atoms with Gasteiger partial charge in [-0.3, -0.25) is 0 Å². The first kappa shape index (κ1) is 13.6. The molecule has 3 rings (SSSR count). The molecule has 4 heteroatoms. The molecule has 0 spiro atoms. The third kappa shape index (κ3) is 3.19. The third-order valence-corrected chi connectivity index (χ3v) is 4.60. The Balaban J connectivity index is 1.56. The first-order valence-corrected chi connectivity index (χ1v) is 8.00. The summed E-state index contributed by atoms with van der Waals surface area (Å²) in [6.45, 7) is 5.19. The van der Waals surface area contributed by atoms with Gasteiger partial charge in [-0.05, 0) is 37.9 Å². The highest BCUT2D eigenvalue weighted by Crippen LogP contribution is 2.24. The van der Waals surface area contributed by atoms with E-state index < -0.39 is 0 Å². The molecule has 0 bridgehead atoms. The second-order valence-electron chi connectivity index (χ2n) is 5.66. The van der Waals surface area contributed by atoms with Gasteiger partial charge in [0, 0.05) is 30.7 Å². The Labute approximate surface area is 124 Å². The van der Waals surface area contributed by atoms with Gasteiger partial charge in [0.15, 0.2) is 0 Å². The zero-order valence-electron chi connectivity index (χ0n) is 12.1. The van der Waals surface area contributed by atoms with E-state index in [0.717, 1.165) is 24.6 Å². The van der Waals surface area contributed by atoms with Crippen molar-refractivity contribution in [2.45, 2.75) is 19.9 Å². The van der Waals surface area contributed by atoms with Crippen molar-refractivity contribution in [1.29, 1.82) is 0 Å². The summed E-state index contributed by atoms with van der Waals surface area (Å²) in [6.07, 6.45) is 1.17. The van der Waals surface area contributed by atoms with E-state index in [1.54, 1.807) is 11.3 Å². The largest absolute Gasteiger partial charge is 0.384 e. The number of hydrogen-bond donors (Lipinski definition) is 1. The molecule has 1 atom stereocenters. The van der Waals surface area contributed by atoms with Crippen LogP contribution in [0.2, 0.25) is 0 Å². The number of thiazole rings is 1. The summed E-state index contributed by atoms with van der Waals surface area (Å²) in [6, 6.07) is 8.64. The Kier molecular flexibility index (Phi) is 4.03. The maximum atomic E-state index is 4.54. The molecule has 2 aromatic rings. The summed E-state index contributed by atoms with van der Waals surface area (Å²) < 4.78 is 0. The van der Waals surface area contributed by atoms with Gasteiger partial charge in [-0.2, -0.15) is 0 Å². The molecule has 1 aliphatic heterocycles. The second-order valence-corrected chi connectivity index (χ2v) is 6.73. The van der Waals surface area contributed by atoms with Crippen molar-refractivity contribution in [2.24, 2.45) is 5.92 Å². The molecule has 0 amide bonds. The van der Waals surface area contributed by atoms with Crippen LogP contribution in [0.4, 0.5) is 5.69 Å². The van der Waals surface area contributed by atoms with Crippen LogP contribution in [0.15, 0.2) is 29.6 Å². The Morgan fingerprint density at radius 2 is 2.25 bits per heavy atom. The van der Waals surface area contributed by atoms with E-state index in [1.165, 1.54) is 23.4 Å². The minimum atomic E-state index is 0.676. The van der Waals surface area contributed by atoms with Gasteiger partial charge in [0.2, 0.25) is 0 Å². The summed E-state index contributed by atoms with van der Waals surface area (Å²) >= 11 is 1.73. The summed E-state index contributed by atoms with van der Waals surface area (Å²) in [5, 5.41) is 6.87. The van der Waals surface area contributed by atoms with E-state index in [4.69, 9.17) is 0 Å². The molecule has 106 valence electrons. The van der Waals surface area contributed by atoms with Crippen molar-refractivity contribution in [2.75, 3.05) is 25.5 Å². The van der Waals surface area contributed by atoms with Crippen LogP contribution in [0.5, 0.6) is 0 Å². The summed E-state index contributed by atoms with van der Waals surface area (Å²) in [5.74, 6) is 0.676. The SMILES string of the molecule is Cc1nc(CN(C)CC2CNc3ccccc3C2)cs1. The zero-order chi connectivity index (χ0) is 13.9. The minimum absolute atomic E-state index is 0.676. The van der Waals surface area contributed by atoms with E-state index in [-0.39, 0.29) is 0 Å². The fourth-order valence-electron chi connectivity index (χ4n) is 2.90. The highest BCUT2D eigenvalue weighted by atomic mass is 32.1. The molecule has 0 fully saturated rings. The number of para-hydroxylation sites is 1. The fraction of sp³-hybridized carbons (Fsp3) is 0.438. The highest BCUT2D eigenvalue weighted by molar-refractivity contribution is 7.09. The maximum Gasteiger partial charge on any atom is 0.0897 e. The Morgan fingerprint density at radius 1 is 1.40 bits per heavy atom. The molecule has 2 heterocycles. The summed E-state index contributed by atoms with van der Waals surface area (Å²) in [5.41, 5.74) is 3.95. The maximum absolute atomic E-state index is 4.54. The predicted octanol–water partition coefficient (Wildman–Crippen LogP) is 3.17. The highest BCUT2D eigenvalue weighted by Gasteiger charge is 2.19. The van der Waals surface area contributed by atoms with Crippen LogP contribution >= 0.6 is 11.3 Å². The van der Waals surface area contributed by atoms with Gasteiger partial charge in [-0.1, -0.05) is 18.2 Å². The van der Waals surface area contributed by atoms with Crippen LogP contribution in [0.1, 0.15) is 16.3 Å². The number of aryl methyl sites for hydroxylation is 1. The van der Waals surface area contributed by atoms with Gasteiger partial charge in [-0.25, -0.2) is 4.98 Å². The average molecular weight is 287 g/mol. The molecule has 1 unspecified atom stereocenters. The first-order chi connectivity index (χ1) is 9.70. The van der Waals surface area contributed by atoms with Gasteiger partial charge in [0.1, 0.15) is 0 Å². The molecule has 3 nitrogen and oxygen atoms in total. The molecule has 0 saturated carbocycles. The van der Waals surface area contributed by atoms with E-state index in [0.29, 0.717) is 5.92 Å². The standard InChI is InChI=1S/C16H21N3S/c1-12-18-15(11-20-12)10-19(2)9-13-7-14-5-3-4-6-16(14)17-8-13/h3-6,11,13,17H,7-10H2,1-2H3. The summed E-state index contributed by atoms with van der Waals surface area (Å²) in [7, 11) is 2.19. The van der Waals surface area contributed by atoms with Gasteiger partial charge in [0.25, 0.3) is 0 Å². The number of rotatable bonds is 4. The average Bonchev–Trinajstić information content (AvgIpc) is 2.83.